The predicted molar refractivity (Wildman–Crippen MR) is 80.3 cm³/mol. The first kappa shape index (κ1) is 15.6. The summed E-state index contributed by atoms with van der Waals surface area (Å²) in [7, 11) is 1.63. The zero-order valence-electron chi connectivity index (χ0n) is 11.0. The van der Waals surface area contributed by atoms with Gasteiger partial charge in [-0.25, -0.2) is 0 Å². The number of unbranched alkanes of at least 4 members (excludes halogenated alkanes) is 3. The number of benzene rings is 1. The second kappa shape index (κ2) is 8.65. The van der Waals surface area contributed by atoms with Crippen LogP contribution in [0.2, 0.25) is 5.02 Å². The molecule has 0 N–H and O–H groups in total. The molecule has 0 aliphatic carbocycles. The molecule has 0 aromatic heterocycles. The van der Waals surface area contributed by atoms with Gasteiger partial charge in [0.2, 0.25) is 0 Å². The van der Waals surface area contributed by atoms with Gasteiger partial charge in [-0.1, -0.05) is 53.7 Å². The third-order valence-electron chi connectivity index (χ3n) is 2.69. The average Bonchev–Trinajstić information content (AvgIpc) is 2.39. The van der Waals surface area contributed by atoms with Crippen LogP contribution in [0, 0.1) is 0 Å². The first-order valence-electron chi connectivity index (χ1n) is 6.28. The van der Waals surface area contributed by atoms with Crippen molar-refractivity contribution in [3.63, 3.8) is 0 Å². The molecule has 18 heavy (non-hydrogen) atoms. The molecule has 0 aliphatic heterocycles. The van der Waals surface area contributed by atoms with E-state index >= 15 is 0 Å². The highest BCUT2D eigenvalue weighted by atomic mass is 79.9. The fourth-order valence-corrected chi connectivity index (χ4v) is 2.31. The van der Waals surface area contributed by atoms with Crippen molar-refractivity contribution < 1.29 is 9.47 Å². The lowest BCUT2D eigenvalue weighted by atomic mass is 10.2. The fourth-order valence-electron chi connectivity index (χ4n) is 1.69. The number of methoxy groups -OCH3 is 1. The molecule has 1 aromatic carbocycles. The average molecular weight is 336 g/mol. The van der Waals surface area contributed by atoms with E-state index in [-0.39, 0.29) is 0 Å². The molecule has 4 heteroatoms. The molecule has 0 radical (unpaired) electrons. The highest BCUT2D eigenvalue weighted by Gasteiger charge is 2.11. The minimum atomic E-state index is 0.610. The Balaban J connectivity index is 2.63. The minimum Gasteiger partial charge on any atom is -0.493 e. The van der Waals surface area contributed by atoms with Crippen LogP contribution in [0.15, 0.2) is 12.1 Å². The van der Waals surface area contributed by atoms with Gasteiger partial charge in [0.15, 0.2) is 11.5 Å². The summed E-state index contributed by atoms with van der Waals surface area (Å²) < 4.78 is 11.0. The van der Waals surface area contributed by atoms with Crippen molar-refractivity contribution in [1.29, 1.82) is 0 Å². The Morgan fingerprint density at radius 3 is 2.61 bits per heavy atom. The monoisotopic (exact) mass is 334 g/mol. The van der Waals surface area contributed by atoms with Gasteiger partial charge < -0.3 is 9.47 Å². The zero-order valence-corrected chi connectivity index (χ0v) is 13.3. The summed E-state index contributed by atoms with van der Waals surface area (Å²) in [5.41, 5.74) is 1.08. The van der Waals surface area contributed by atoms with Crippen LogP contribution in [0.25, 0.3) is 0 Å². The summed E-state index contributed by atoms with van der Waals surface area (Å²) in [4.78, 5) is 0. The Kier molecular flexibility index (Phi) is 7.52. The van der Waals surface area contributed by atoms with E-state index in [1.54, 1.807) is 7.11 Å². The molecular formula is C14H20BrClO2. The van der Waals surface area contributed by atoms with Crippen LogP contribution >= 0.6 is 27.5 Å². The Hall–Kier alpha value is -0.410. The van der Waals surface area contributed by atoms with Gasteiger partial charge in [0.1, 0.15) is 0 Å². The van der Waals surface area contributed by atoms with Gasteiger partial charge in [0.25, 0.3) is 0 Å². The molecule has 0 aliphatic rings. The summed E-state index contributed by atoms with van der Waals surface area (Å²) in [6.07, 6.45) is 4.71. The number of hydrogen-bond acceptors (Lipinski definition) is 2. The molecule has 0 atom stereocenters. The maximum absolute atomic E-state index is 6.21. The first-order valence-corrected chi connectivity index (χ1v) is 7.78. The van der Waals surface area contributed by atoms with Crippen LogP contribution in [0.5, 0.6) is 11.5 Å². The number of hydrogen-bond donors (Lipinski definition) is 0. The largest absolute Gasteiger partial charge is 0.493 e. The molecule has 0 saturated heterocycles. The molecular weight excluding hydrogens is 316 g/mol. The summed E-state index contributed by atoms with van der Waals surface area (Å²) in [6, 6.07) is 3.85. The SMILES string of the molecule is CCCCCCOc1c(Cl)cc(CBr)cc1OC. The van der Waals surface area contributed by atoms with Crippen LogP contribution in [0.1, 0.15) is 38.2 Å². The number of halogens is 2. The summed E-state index contributed by atoms with van der Waals surface area (Å²) in [5, 5.41) is 1.36. The Morgan fingerprint density at radius 2 is 2.00 bits per heavy atom. The second-order valence-electron chi connectivity index (χ2n) is 4.15. The molecule has 0 saturated carbocycles. The molecule has 2 nitrogen and oxygen atoms in total. The fraction of sp³-hybridized carbons (Fsp3) is 0.571. The molecule has 0 spiro atoms. The Labute approximate surface area is 123 Å². The number of rotatable bonds is 8. The van der Waals surface area contributed by atoms with Gasteiger partial charge in [-0.15, -0.1) is 0 Å². The molecule has 0 bridgehead atoms. The Morgan fingerprint density at radius 1 is 1.22 bits per heavy atom. The summed E-state index contributed by atoms with van der Waals surface area (Å²) in [5.74, 6) is 1.35. The maximum atomic E-state index is 6.21. The quantitative estimate of drug-likeness (QED) is 0.480. The Bertz CT molecular complexity index is 369. The molecule has 102 valence electrons. The standard InChI is InChI=1S/C14H20BrClO2/c1-3-4-5-6-7-18-14-12(16)8-11(10-15)9-13(14)17-2/h8-9H,3-7,10H2,1-2H3. The lowest BCUT2D eigenvalue weighted by Crippen LogP contribution is -2.00. The van der Waals surface area contributed by atoms with Gasteiger partial charge in [-0.2, -0.15) is 0 Å². The van der Waals surface area contributed by atoms with E-state index < -0.39 is 0 Å². The van der Waals surface area contributed by atoms with Crippen molar-refractivity contribution in [3.8, 4) is 11.5 Å². The third kappa shape index (κ3) is 4.69. The molecule has 0 amide bonds. The van der Waals surface area contributed by atoms with Crippen molar-refractivity contribution in [2.45, 2.75) is 37.9 Å². The molecule has 0 unspecified atom stereocenters. The van der Waals surface area contributed by atoms with E-state index in [0.717, 1.165) is 17.3 Å². The van der Waals surface area contributed by atoms with E-state index in [0.29, 0.717) is 23.1 Å². The number of alkyl halides is 1. The van der Waals surface area contributed by atoms with Crippen molar-refractivity contribution >= 4 is 27.5 Å². The summed E-state index contributed by atoms with van der Waals surface area (Å²) >= 11 is 9.61. The molecule has 0 heterocycles. The van der Waals surface area contributed by atoms with Gasteiger partial charge in [0, 0.05) is 5.33 Å². The third-order valence-corrected chi connectivity index (χ3v) is 3.62. The van der Waals surface area contributed by atoms with Gasteiger partial charge in [-0.3, -0.25) is 0 Å². The van der Waals surface area contributed by atoms with E-state index in [2.05, 4.69) is 22.9 Å². The maximum Gasteiger partial charge on any atom is 0.179 e. The lowest BCUT2D eigenvalue weighted by Gasteiger charge is -2.13. The van der Waals surface area contributed by atoms with Gasteiger partial charge >= 0.3 is 0 Å². The van der Waals surface area contributed by atoms with Crippen LogP contribution in [-0.2, 0) is 5.33 Å². The minimum absolute atomic E-state index is 0.610. The van der Waals surface area contributed by atoms with Crippen molar-refractivity contribution in [1.82, 2.24) is 0 Å². The molecule has 1 rings (SSSR count). The highest BCUT2D eigenvalue weighted by Crippen LogP contribution is 2.37. The van der Waals surface area contributed by atoms with E-state index in [9.17, 15) is 0 Å². The number of ether oxygens (including phenoxy) is 2. The van der Waals surface area contributed by atoms with E-state index in [1.807, 2.05) is 12.1 Å². The second-order valence-corrected chi connectivity index (χ2v) is 5.12. The zero-order chi connectivity index (χ0) is 13.4. The van der Waals surface area contributed by atoms with Crippen molar-refractivity contribution in [2.24, 2.45) is 0 Å². The first-order chi connectivity index (χ1) is 8.72. The normalized spacial score (nSPS) is 10.4. The smallest absolute Gasteiger partial charge is 0.179 e. The van der Waals surface area contributed by atoms with Crippen LogP contribution < -0.4 is 9.47 Å². The van der Waals surface area contributed by atoms with Gasteiger partial charge in [0.05, 0.1) is 18.7 Å². The van der Waals surface area contributed by atoms with E-state index in [4.69, 9.17) is 21.1 Å². The van der Waals surface area contributed by atoms with Gasteiger partial charge in [-0.05, 0) is 24.1 Å². The summed E-state index contributed by atoms with van der Waals surface area (Å²) in [6.45, 7) is 2.88. The predicted octanol–water partition coefficient (Wildman–Crippen LogP) is 5.20. The lowest BCUT2D eigenvalue weighted by molar-refractivity contribution is 0.285. The van der Waals surface area contributed by atoms with Crippen molar-refractivity contribution in [2.75, 3.05) is 13.7 Å². The van der Waals surface area contributed by atoms with E-state index in [1.165, 1.54) is 19.3 Å². The van der Waals surface area contributed by atoms with Crippen LogP contribution in [0.3, 0.4) is 0 Å². The highest BCUT2D eigenvalue weighted by molar-refractivity contribution is 9.08. The van der Waals surface area contributed by atoms with Crippen LogP contribution in [-0.4, -0.2) is 13.7 Å². The van der Waals surface area contributed by atoms with Crippen LogP contribution in [0.4, 0.5) is 0 Å². The topological polar surface area (TPSA) is 18.5 Å². The molecule has 1 aromatic rings. The molecule has 0 fully saturated rings. The van der Waals surface area contributed by atoms with Crippen molar-refractivity contribution in [3.05, 3.63) is 22.7 Å².